The van der Waals surface area contributed by atoms with Gasteiger partial charge in [-0.25, -0.2) is 9.59 Å². The van der Waals surface area contributed by atoms with E-state index in [9.17, 15) is 4.79 Å². The molecule has 4 N–H and O–H groups in total. The van der Waals surface area contributed by atoms with Crippen LogP contribution in [0.25, 0.3) is 0 Å². The smallest absolute Gasteiger partial charge is 0.414 e. The second-order valence-corrected chi connectivity index (χ2v) is 6.38. The third-order valence-corrected chi connectivity index (χ3v) is 4.40. The minimum Gasteiger partial charge on any atom is -0.497 e. The maximum Gasteiger partial charge on any atom is 0.414 e. The van der Waals surface area contributed by atoms with Gasteiger partial charge in [-0.1, -0.05) is 0 Å². The number of benzene rings is 1. The van der Waals surface area contributed by atoms with Crippen LogP contribution in [0, 0.1) is 0 Å². The topological polar surface area (TPSA) is 149 Å². The van der Waals surface area contributed by atoms with Gasteiger partial charge in [0.1, 0.15) is 11.5 Å². The number of carboxylic acids is 2. The molecule has 0 aromatic heterocycles. The van der Waals surface area contributed by atoms with E-state index >= 15 is 0 Å². The summed E-state index contributed by atoms with van der Waals surface area (Å²) in [4.78, 5) is 34.9. The first-order valence-corrected chi connectivity index (χ1v) is 9.34. The van der Waals surface area contributed by atoms with Crippen molar-refractivity contribution in [2.45, 2.75) is 6.42 Å². The number of nitrogens with zero attached hydrogens (tertiary/aromatic N) is 2. The molecule has 0 saturated carbocycles. The second kappa shape index (κ2) is 13.4. The number of rotatable bonds is 8. The summed E-state index contributed by atoms with van der Waals surface area (Å²) in [5, 5.41) is 26.6. The van der Waals surface area contributed by atoms with Crippen LogP contribution in [0.4, 0.5) is 5.69 Å². The average Bonchev–Trinajstić information content (AvgIpc) is 2.73. The molecule has 1 aliphatic rings. The molecule has 11 nitrogen and oxygen atoms in total. The molecule has 0 unspecified atom stereocenters. The average molecular weight is 427 g/mol. The number of carbonyl (C=O) groups excluding carboxylic acids is 1. The number of β-amino-alcohol motifs (C(OH)–C–C–N with tert-alkyl or cyclic N) is 1. The number of carbonyl (C=O) groups is 3. The van der Waals surface area contributed by atoms with Crippen molar-refractivity contribution in [3.63, 3.8) is 0 Å². The lowest BCUT2D eigenvalue weighted by Crippen LogP contribution is -2.47. The van der Waals surface area contributed by atoms with Crippen molar-refractivity contribution in [1.29, 1.82) is 0 Å². The molecule has 1 amide bonds. The SMILES string of the molecule is COc1ccc(OC)c(NC(=O)CCN2CCN(CCO)CC2)c1.O=C(O)C(=O)O. The number of amides is 1. The van der Waals surface area contributed by atoms with Crippen LogP contribution in [-0.4, -0.2) is 103 Å². The molecule has 1 heterocycles. The predicted octanol–water partition coefficient (Wildman–Crippen LogP) is -0.202. The number of nitrogens with one attached hydrogen (secondary N) is 1. The first kappa shape index (κ1) is 25.1. The van der Waals surface area contributed by atoms with Crippen LogP contribution in [0.1, 0.15) is 6.42 Å². The molecule has 0 atom stereocenters. The Morgan fingerprint density at radius 1 is 0.967 bits per heavy atom. The molecule has 1 fully saturated rings. The highest BCUT2D eigenvalue weighted by atomic mass is 16.5. The molecule has 1 aliphatic heterocycles. The van der Waals surface area contributed by atoms with Gasteiger partial charge < -0.3 is 35.0 Å². The largest absolute Gasteiger partial charge is 0.497 e. The van der Waals surface area contributed by atoms with E-state index in [1.165, 1.54) is 0 Å². The molecule has 0 spiro atoms. The zero-order valence-electron chi connectivity index (χ0n) is 17.2. The third-order valence-electron chi connectivity index (χ3n) is 4.40. The Bertz CT molecular complexity index is 693. The van der Waals surface area contributed by atoms with E-state index in [-0.39, 0.29) is 12.5 Å². The number of aliphatic hydroxyl groups is 1. The van der Waals surface area contributed by atoms with Gasteiger partial charge in [-0.15, -0.1) is 0 Å². The maximum absolute atomic E-state index is 12.2. The third kappa shape index (κ3) is 9.07. The summed E-state index contributed by atoms with van der Waals surface area (Å²) < 4.78 is 10.5. The zero-order chi connectivity index (χ0) is 22.5. The van der Waals surface area contributed by atoms with Crippen molar-refractivity contribution < 1.29 is 39.2 Å². The number of hydrogen-bond acceptors (Lipinski definition) is 8. The van der Waals surface area contributed by atoms with Crippen molar-refractivity contribution in [1.82, 2.24) is 9.80 Å². The van der Waals surface area contributed by atoms with Crippen LogP contribution < -0.4 is 14.8 Å². The minimum absolute atomic E-state index is 0.0423. The van der Waals surface area contributed by atoms with Gasteiger partial charge in [-0.2, -0.15) is 0 Å². The van der Waals surface area contributed by atoms with Gasteiger partial charge >= 0.3 is 11.9 Å². The Balaban J connectivity index is 0.000000656. The van der Waals surface area contributed by atoms with Gasteiger partial charge in [0.15, 0.2) is 0 Å². The number of aliphatic carboxylic acids is 2. The second-order valence-electron chi connectivity index (χ2n) is 6.38. The van der Waals surface area contributed by atoms with Crippen molar-refractivity contribution in [3.8, 4) is 11.5 Å². The van der Waals surface area contributed by atoms with Crippen LogP contribution in [0.3, 0.4) is 0 Å². The van der Waals surface area contributed by atoms with Crippen molar-refractivity contribution in [3.05, 3.63) is 18.2 Å². The fraction of sp³-hybridized carbons (Fsp3) is 0.526. The predicted molar refractivity (Wildman–Crippen MR) is 108 cm³/mol. The van der Waals surface area contributed by atoms with Gasteiger partial charge in [0.25, 0.3) is 0 Å². The van der Waals surface area contributed by atoms with Crippen molar-refractivity contribution in [2.75, 3.05) is 65.4 Å². The van der Waals surface area contributed by atoms with E-state index in [0.29, 0.717) is 23.6 Å². The number of ether oxygens (including phenoxy) is 2. The molecule has 1 saturated heterocycles. The minimum atomic E-state index is -1.82. The van der Waals surface area contributed by atoms with E-state index in [1.54, 1.807) is 32.4 Å². The van der Waals surface area contributed by atoms with Crippen LogP contribution in [0.5, 0.6) is 11.5 Å². The normalized spacial score (nSPS) is 14.2. The number of methoxy groups -OCH3 is 2. The maximum atomic E-state index is 12.2. The van der Waals surface area contributed by atoms with Crippen LogP contribution >= 0.6 is 0 Å². The van der Waals surface area contributed by atoms with Crippen LogP contribution in [0.2, 0.25) is 0 Å². The van der Waals surface area contributed by atoms with E-state index in [2.05, 4.69) is 15.1 Å². The highest BCUT2D eigenvalue weighted by Gasteiger charge is 2.17. The molecule has 0 bridgehead atoms. The molecular weight excluding hydrogens is 398 g/mol. The molecule has 1 aromatic carbocycles. The highest BCUT2D eigenvalue weighted by molar-refractivity contribution is 6.27. The molecular formula is C19H29N3O8. The van der Waals surface area contributed by atoms with E-state index < -0.39 is 11.9 Å². The molecule has 1 aromatic rings. The number of piperazine rings is 1. The first-order chi connectivity index (χ1) is 14.3. The van der Waals surface area contributed by atoms with E-state index in [1.807, 2.05) is 0 Å². The van der Waals surface area contributed by atoms with Crippen molar-refractivity contribution in [2.24, 2.45) is 0 Å². The summed E-state index contributed by atoms with van der Waals surface area (Å²) in [5.74, 6) is -2.41. The summed E-state index contributed by atoms with van der Waals surface area (Å²) in [6.45, 7) is 5.38. The highest BCUT2D eigenvalue weighted by Crippen LogP contribution is 2.28. The van der Waals surface area contributed by atoms with E-state index in [4.69, 9.17) is 34.4 Å². The van der Waals surface area contributed by atoms with E-state index in [0.717, 1.165) is 39.3 Å². The number of anilines is 1. The Morgan fingerprint density at radius 2 is 1.53 bits per heavy atom. The molecule has 0 aliphatic carbocycles. The fourth-order valence-corrected chi connectivity index (χ4v) is 2.76. The lowest BCUT2D eigenvalue weighted by Gasteiger charge is -2.34. The van der Waals surface area contributed by atoms with Crippen LogP contribution in [0.15, 0.2) is 18.2 Å². The molecule has 168 valence electrons. The van der Waals surface area contributed by atoms with Gasteiger partial charge in [0.05, 0.1) is 26.5 Å². The Hall–Kier alpha value is -2.89. The quantitative estimate of drug-likeness (QED) is 0.411. The summed E-state index contributed by atoms with van der Waals surface area (Å²) in [6.07, 6.45) is 0.431. The summed E-state index contributed by atoms with van der Waals surface area (Å²) >= 11 is 0. The van der Waals surface area contributed by atoms with Crippen LogP contribution in [-0.2, 0) is 14.4 Å². The summed E-state index contributed by atoms with van der Waals surface area (Å²) in [7, 11) is 3.16. The molecule has 30 heavy (non-hydrogen) atoms. The van der Waals surface area contributed by atoms with Gasteiger partial charge in [-0.05, 0) is 12.1 Å². The molecule has 0 radical (unpaired) electrons. The fourth-order valence-electron chi connectivity index (χ4n) is 2.76. The number of aliphatic hydroxyl groups excluding tert-OH is 1. The first-order valence-electron chi connectivity index (χ1n) is 9.34. The van der Waals surface area contributed by atoms with Gasteiger partial charge in [0, 0.05) is 51.8 Å². The zero-order valence-corrected chi connectivity index (χ0v) is 17.2. The molecule has 2 rings (SSSR count). The lowest BCUT2D eigenvalue weighted by atomic mass is 10.2. The standard InChI is InChI=1S/C17H27N3O4.C2H2O4/c1-23-14-3-4-16(24-2)15(13-14)18-17(22)5-6-19-7-9-20(10-8-19)11-12-21;3-1(4)2(5)6/h3-4,13,21H,5-12H2,1-2H3,(H,18,22);(H,3,4)(H,5,6). The lowest BCUT2D eigenvalue weighted by molar-refractivity contribution is -0.159. The van der Waals surface area contributed by atoms with Crippen molar-refractivity contribution >= 4 is 23.5 Å². The van der Waals surface area contributed by atoms with Gasteiger partial charge in [-0.3, -0.25) is 9.69 Å². The number of hydrogen-bond donors (Lipinski definition) is 4. The Morgan fingerprint density at radius 3 is 2.00 bits per heavy atom. The Kier molecular flexibility index (Phi) is 11.2. The summed E-state index contributed by atoms with van der Waals surface area (Å²) in [5.41, 5.74) is 0.620. The summed E-state index contributed by atoms with van der Waals surface area (Å²) in [6, 6.07) is 5.32. The van der Waals surface area contributed by atoms with Gasteiger partial charge in [0.2, 0.25) is 5.91 Å². The number of carboxylic acid groups (broad SMARTS) is 2. The monoisotopic (exact) mass is 427 g/mol. The molecule has 11 heteroatoms. The Labute approximate surface area is 174 Å².